The van der Waals surface area contributed by atoms with E-state index in [2.05, 4.69) is 30.2 Å². The van der Waals surface area contributed by atoms with Gasteiger partial charge in [-0.25, -0.2) is 17.8 Å². The lowest BCUT2D eigenvalue weighted by Gasteiger charge is -2.23. The van der Waals surface area contributed by atoms with E-state index in [9.17, 15) is 12.8 Å². The average molecular weight is 499 g/mol. The van der Waals surface area contributed by atoms with Gasteiger partial charge in [0.15, 0.2) is 11.5 Å². The Morgan fingerprint density at radius 3 is 2.60 bits per heavy atom. The molecule has 1 saturated heterocycles. The van der Waals surface area contributed by atoms with E-state index in [1.165, 1.54) is 13.2 Å². The number of aromatic amines is 1. The number of fused-ring (bicyclic) bond motifs is 1. The lowest BCUT2D eigenvalue weighted by Crippen LogP contribution is -2.34. The minimum Gasteiger partial charge on any atom is -0.497 e. The van der Waals surface area contributed by atoms with Crippen LogP contribution in [0.5, 0.6) is 11.6 Å². The van der Waals surface area contributed by atoms with E-state index in [1.807, 2.05) is 0 Å². The van der Waals surface area contributed by atoms with Crippen molar-refractivity contribution in [3.05, 3.63) is 54.5 Å². The summed E-state index contributed by atoms with van der Waals surface area (Å²) in [5.41, 5.74) is 1.44. The molecule has 0 spiro atoms. The maximum Gasteiger partial charge on any atom is 0.264 e. The standard InChI is InChI=1S/C23H23FN6O4S/c1-33-17-6-7-19(24)20(12-17)35(31,32)30-15-4-2-14(3-5-15)21-27-22-18(13-26-29-22)23(28-21)34-16-8-10-25-11-9-16/h2-7,12-13,16,25,30H,8-11H2,1H3,(H,26,27,28,29). The molecule has 182 valence electrons. The van der Waals surface area contributed by atoms with Crippen LogP contribution in [-0.4, -0.2) is 54.9 Å². The summed E-state index contributed by atoms with van der Waals surface area (Å²) >= 11 is 0. The molecular weight excluding hydrogens is 475 g/mol. The molecule has 10 nitrogen and oxygen atoms in total. The van der Waals surface area contributed by atoms with Gasteiger partial charge in [-0.1, -0.05) is 0 Å². The number of H-pyrrole nitrogens is 1. The van der Waals surface area contributed by atoms with E-state index in [0.717, 1.165) is 38.1 Å². The third-order valence-corrected chi connectivity index (χ3v) is 7.06. The lowest BCUT2D eigenvalue weighted by atomic mass is 10.1. The number of rotatable bonds is 7. The number of nitrogens with one attached hydrogen (secondary N) is 3. The molecule has 0 amide bonds. The van der Waals surface area contributed by atoms with E-state index in [0.29, 0.717) is 28.3 Å². The number of methoxy groups -OCH3 is 1. The van der Waals surface area contributed by atoms with Crippen LogP contribution in [0.15, 0.2) is 53.6 Å². The van der Waals surface area contributed by atoms with Crippen LogP contribution in [0, 0.1) is 5.82 Å². The Balaban J connectivity index is 1.40. The Morgan fingerprint density at radius 2 is 1.86 bits per heavy atom. The highest BCUT2D eigenvalue weighted by molar-refractivity contribution is 7.92. The molecule has 1 aliphatic heterocycles. The van der Waals surface area contributed by atoms with Gasteiger partial charge in [0, 0.05) is 17.3 Å². The third-order valence-electron chi connectivity index (χ3n) is 5.66. The SMILES string of the molecule is COc1ccc(F)c(S(=O)(=O)Nc2ccc(-c3nc(OC4CCNCC4)c4cn[nH]c4n3)cc2)c1. The second-order valence-corrected chi connectivity index (χ2v) is 9.68. The maximum absolute atomic E-state index is 14.2. The molecule has 0 saturated carbocycles. The molecule has 12 heteroatoms. The number of ether oxygens (including phenoxy) is 2. The molecule has 0 radical (unpaired) electrons. The highest BCUT2D eigenvalue weighted by atomic mass is 32.2. The van der Waals surface area contributed by atoms with Crippen LogP contribution in [-0.2, 0) is 10.0 Å². The Bertz CT molecular complexity index is 1450. The first-order valence-corrected chi connectivity index (χ1v) is 12.5. The van der Waals surface area contributed by atoms with Crippen molar-refractivity contribution in [3.8, 4) is 23.0 Å². The molecule has 35 heavy (non-hydrogen) atoms. The van der Waals surface area contributed by atoms with Crippen molar-refractivity contribution in [2.45, 2.75) is 23.8 Å². The van der Waals surface area contributed by atoms with Crippen molar-refractivity contribution < 1.29 is 22.3 Å². The third kappa shape index (κ3) is 4.88. The smallest absolute Gasteiger partial charge is 0.264 e. The summed E-state index contributed by atoms with van der Waals surface area (Å²) in [5, 5.41) is 10.9. The fourth-order valence-corrected chi connectivity index (χ4v) is 4.96. The molecule has 3 N–H and O–H groups in total. The van der Waals surface area contributed by atoms with Gasteiger partial charge in [0.05, 0.1) is 13.3 Å². The molecule has 1 aliphatic rings. The predicted octanol–water partition coefficient (Wildman–Crippen LogP) is 3.10. The minimum atomic E-state index is -4.17. The molecule has 5 rings (SSSR count). The van der Waals surface area contributed by atoms with E-state index >= 15 is 0 Å². The zero-order chi connectivity index (χ0) is 24.4. The quantitative estimate of drug-likeness (QED) is 0.354. The molecule has 2 aromatic heterocycles. The summed E-state index contributed by atoms with van der Waals surface area (Å²) < 4.78 is 53.2. The number of piperidine rings is 1. The van der Waals surface area contributed by atoms with Crippen LogP contribution in [0.2, 0.25) is 0 Å². The first kappa shape index (κ1) is 23.0. The van der Waals surface area contributed by atoms with Crippen LogP contribution < -0.4 is 19.5 Å². The zero-order valence-corrected chi connectivity index (χ0v) is 19.6. The Labute approximate surface area is 201 Å². The summed E-state index contributed by atoms with van der Waals surface area (Å²) in [7, 11) is -2.80. The van der Waals surface area contributed by atoms with Crippen molar-refractivity contribution >= 4 is 26.7 Å². The van der Waals surface area contributed by atoms with Gasteiger partial charge in [-0.2, -0.15) is 10.1 Å². The normalized spacial score (nSPS) is 14.7. The fraction of sp³-hybridized carbons (Fsp3) is 0.261. The van der Waals surface area contributed by atoms with Gasteiger partial charge < -0.3 is 14.8 Å². The summed E-state index contributed by atoms with van der Waals surface area (Å²) in [4.78, 5) is 8.62. The fourth-order valence-electron chi connectivity index (χ4n) is 3.81. The van der Waals surface area contributed by atoms with Crippen LogP contribution in [0.1, 0.15) is 12.8 Å². The maximum atomic E-state index is 14.2. The summed E-state index contributed by atoms with van der Waals surface area (Å²) in [6.45, 7) is 1.77. The topological polar surface area (TPSA) is 131 Å². The van der Waals surface area contributed by atoms with Gasteiger partial charge in [0.25, 0.3) is 10.0 Å². The summed E-state index contributed by atoms with van der Waals surface area (Å²) in [5.74, 6) is 0.205. The first-order chi connectivity index (χ1) is 16.9. The molecular formula is C23H23FN6O4S. The van der Waals surface area contributed by atoms with Gasteiger partial charge in [-0.3, -0.25) is 9.82 Å². The van der Waals surface area contributed by atoms with Crippen LogP contribution in [0.3, 0.4) is 0 Å². The molecule has 3 heterocycles. The zero-order valence-electron chi connectivity index (χ0n) is 18.8. The van der Waals surface area contributed by atoms with Crippen molar-refractivity contribution in [1.29, 1.82) is 0 Å². The first-order valence-electron chi connectivity index (χ1n) is 11.0. The highest BCUT2D eigenvalue weighted by Gasteiger charge is 2.21. The van der Waals surface area contributed by atoms with Crippen LogP contribution in [0.25, 0.3) is 22.4 Å². The van der Waals surface area contributed by atoms with Gasteiger partial charge in [-0.05, 0) is 62.3 Å². The second-order valence-electron chi connectivity index (χ2n) is 8.03. The largest absolute Gasteiger partial charge is 0.497 e. The molecule has 1 fully saturated rings. The van der Waals surface area contributed by atoms with Crippen molar-refractivity contribution in [1.82, 2.24) is 25.5 Å². The molecule has 0 atom stereocenters. The lowest BCUT2D eigenvalue weighted by molar-refractivity contribution is 0.158. The molecule has 0 unspecified atom stereocenters. The van der Waals surface area contributed by atoms with Crippen LogP contribution in [0.4, 0.5) is 10.1 Å². The second kappa shape index (κ2) is 9.47. The molecule has 0 bridgehead atoms. The molecule has 4 aromatic rings. The Hall–Kier alpha value is -3.77. The van der Waals surface area contributed by atoms with E-state index in [-0.39, 0.29) is 17.5 Å². The number of nitrogens with zero attached hydrogens (tertiary/aromatic N) is 3. The number of hydrogen-bond acceptors (Lipinski definition) is 8. The monoisotopic (exact) mass is 498 g/mol. The van der Waals surface area contributed by atoms with E-state index in [4.69, 9.17) is 9.47 Å². The number of aromatic nitrogens is 4. The van der Waals surface area contributed by atoms with Crippen molar-refractivity contribution in [3.63, 3.8) is 0 Å². The van der Waals surface area contributed by atoms with Crippen LogP contribution >= 0.6 is 0 Å². The van der Waals surface area contributed by atoms with Gasteiger partial charge in [0.1, 0.15) is 28.0 Å². The number of benzene rings is 2. The average Bonchev–Trinajstić information content (AvgIpc) is 3.34. The predicted molar refractivity (Wildman–Crippen MR) is 127 cm³/mol. The summed E-state index contributed by atoms with van der Waals surface area (Å²) in [6.07, 6.45) is 3.43. The highest BCUT2D eigenvalue weighted by Crippen LogP contribution is 2.29. The minimum absolute atomic E-state index is 0.0471. The van der Waals surface area contributed by atoms with E-state index in [1.54, 1.807) is 30.5 Å². The van der Waals surface area contributed by atoms with Crippen molar-refractivity contribution in [2.75, 3.05) is 24.9 Å². The Kier molecular flexibility index (Phi) is 6.22. The number of sulfonamides is 1. The number of halogens is 1. The van der Waals surface area contributed by atoms with Crippen molar-refractivity contribution in [2.24, 2.45) is 0 Å². The van der Waals surface area contributed by atoms with Gasteiger partial charge >= 0.3 is 0 Å². The van der Waals surface area contributed by atoms with Gasteiger partial charge in [0.2, 0.25) is 5.88 Å². The summed E-state index contributed by atoms with van der Waals surface area (Å²) in [6, 6.07) is 9.98. The number of anilines is 1. The number of hydrogen-bond donors (Lipinski definition) is 3. The van der Waals surface area contributed by atoms with Gasteiger partial charge in [-0.15, -0.1) is 0 Å². The van der Waals surface area contributed by atoms with E-state index < -0.39 is 20.7 Å². The molecule has 2 aromatic carbocycles. The molecule has 0 aliphatic carbocycles. The Morgan fingerprint density at radius 1 is 1.09 bits per heavy atom.